The Balaban J connectivity index is 1.77. The van der Waals surface area contributed by atoms with Crippen LogP contribution in [0.2, 0.25) is 0 Å². The van der Waals surface area contributed by atoms with Gasteiger partial charge in [0.05, 0.1) is 5.56 Å². The summed E-state index contributed by atoms with van der Waals surface area (Å²) in [5, 5.41) is 3.92. The SMILES string of the molecule is CCCNC(=O)N1CCCN(C(=O)c2c(C)n(C)c3ccccc23)CC1. The number of para-hydroxylation sites is 1. The standard InChI is InChI=1S/C20H28N4O2/c1-4-10-21-20(26)24-12-7-11-23(13-14-24)19(25)18-15(2)22(3)17-9-6-5-8-16(17)18/h5-6,8-9H,4,7,10-14H2,1-3H3,(H,21,26). The summed E-state index contributed by atoms with van der Waals surface area (Å²) in [6.07, 6.45) is 1.72. The lowest BCUT2D eigenvalue weighted by Crippen LogP contribution is -2.42. The molecule has 0 aliphatic carbocycles. The maximum atomic E-state index is 13.2. The average molecular weight is 356 g/mol. The van der Waals surface area contributed by atoms with Gasteiger partial charge in [-0.25, -0.2) is 4.79 Å². The highest BCUT2D eigenvalue weighted by Gasteiger charge is 2.26. The van der Waals surface area contributed by atoms with Crippen molar-refractivity contribution in [2.45, 2.75) is 26.7 Å². The molecule has 2 aromatic rings. The number of urea groups is 1. The van der Waals surface area contributed by atoms with Crippen molar-refractivity contribution in [1.29, 1.82) is 0 Å². The van der Waals surface area contributed by atoms with Gasteiger partial charge in [0.2, 0.25) is 0 Å². The molecule has 2 heterocycles. The zero-order chi connectivity index (χ0) is 18.7. The van der Waals surface area contributed by atoms with E-state index in [1.54, 1.807) is 0 Å². The first-order valence-electron chi connectivity index (χ1n) is 9.40. The van der Waals surface area contributed by atoms with Gasteiger partial charge in [0, 0.05) is 56.4 Å². The molecular weight excluding hydrogens is 328 g/mol. The van der Waals surface area contributed by atoms with Crippen LogP contribution in [0, 0.1) is 6.92 Å². The number of nitrogens with one attached hydrogen (secondary N) is 1. The van der Waals surface area contributed by atoms with Crippen LogP contribution in [0.1, 0.15) is 35.8 Å². The van der Waals surface area contributed by atoms with Gasteiger partial charge in [-0.05, 0) is 25.8 Å². The van der Waals surface area contributed by atoms with Crippen molar-refractivity contribution in [3.05, 3.63) is 35.5 Å². The number of hydrogen-bond acceptors (Lipinski definition) is 2. The molecule has 3 rings (SSSR count). The number of fused-ring (bicyclic) bond motifs is 1. The number of rotatable bonds is 3. The Labute approximate surface area is 154 Å². The van der Waals surface area contributed by atoms with Crippen LogP contribution >= 0.6 is 0 Å². The largest absolute Gasteiger partial charge is 0.347 e. The third-order valence-corrected chi connectivity index (χ3v) is 5.21. The molecule has 3 amide bonds. The molecule has 0 bridgehead atoms. The fourth-order valence-corrected chi connectivity index (χ4v) is 3.62. The number of amides is 3. The van der Waals surface area contributed by atoms with E-state index in [1.165, 1.54) is 0 Å². The van der Waals surface area contributed by atoms with E-state index in [0.29, 0.717) is 32.7 Å². The third-order valence-electron chi connectivity index (χ3n) is 5.21. The van der Waals surface area contributed by atoms with Gasteiger partial charge >= 0.3 is 6.03 Å². The molecule has 1 saturated heterocycles. The fourth-order valence-electron chi connectivity index (χ4n) is 3.62. The molecule has 0 unspecified atom stereocenters. The monoisotopic (exact) mass is 356 g/mol. The van der Waals surface area contributed by atoms with Gasteiger partial charge in [0.1, 0.15) is 0 Å². The van der Waals surface area contributed by atoms with E-state index in [2.05, 4.69) is 9.88 Å². The van der Waals surface area contributed by atoms with Gasteiger partial charge in [-0.1, -0.05) is 25.1 Å². The Morgan fingerprint density at radius 3 is 2.54 bits per heavy atom. The lowest BCUT2D eigenvalue weighted by atomic mass is 10.1. The predicted molar refractivity (Wildman–Crippen MR) is 103 cm³/mol. The van der Waals surface area contributed by atoms with E-state index < -0.39 is 0 Å². The van der Waals surface area contributed by atoms with Gasteiger partial charge in [-0.2, -0.15) is 0 Å². The quantitative estimate of drug-likeness (QED) is 0.919. The van der Waals surface area contributed by atoms with Gasteiger partial charge in [-0.3, -0.25) is 4.79 Å². The summed E-state index contributed by atoms with van der Waals surface area (Å²) in [6.45, 7) is 7.23. The Bertz CT molecular complexity index is 811. The molecule has 26 heavy (non-hydrogen) atoms. The first kappa shape index (κ1) is 18.3. The summed E-state index contributed by atoms with van der Waals surface area (Å²) >= 11 is 0. The third kappa shape index (κ3) is 3.41. The smallest absolute Gasteiger partial charge is 0.317 e. The van der Waals surface area contributed by atoms with Gasteiger partial charge in [0.15, 0.2) is 0 Å². The predicted octanol–water partition coefficient (Wildman–Crippen LogP) is 2.75. The number of aromatic nitrogens is 1. The van der Waals surface area contributed by atoms with Crippen LogP contribution in [0.3, 0.4) is 0 Å². The van der Waals surface area contributed by atoms with Gasteiger partial charge < -0.3 is 19.7 Å². The molecule has 1 N–H and O–H groups in total. The zero-order valence-corrected chi connectivity index (χ0v) is 15.9. The van der Waals surface area contributed by atoms with Crippen molar-refractivity contribution in [3.8, 4) is 0 Å². The maximum Gasteiger partial charge on any atom is 0.317 e. The minimum Gasteiger partial charge on any atom is -0.347 e. The Morgan fingerprint density at radius 1 is 1.08 bits per heavy atom. The van der Waals surface area contributed by atoms with Crippen molar-refractivity contribution in [1.82, 2.24) is 19.7 Å². The van der Waals surface area contributed by atoms with Crippen LogP contribution < -0.4 is 5.32 Å². The molecule has 0 spiro atoms. The second-order valence-electron chi connectivity index (χ2n) is 6.90. The van der Waals surface area contributed by atoms with E-state index in [4.69, 9.17) is 0 Å². The molecule has 1 aliphatic heterocycles. The number of nitrogens with zero attached hydrogens (tertiary/aromatic N) is 3. The van der Waals surface area contributed by atoms with E-state index in [0.717, 1.165) is 35.0 Å². The van der Waals surface area contributed by atoms with Crippen molar-refractivity contribution >= 4 is 22.8 Å². The number of carbonyl (C=O) groups excluding carboxylic acids is 2. The van der Waals surface area contributed by atoms with Crippen molar-refractivity contribution < 1.29 is 9.59 Å². The molecule has 0 saturated carbocycles. The number of benzene rings is 1. The molecule has 1 aromatic heterocycles. The molecule has 0 radical (unpaired) electrons. The highest BCUT2D eigenvalue weighted by molar-refractivity contribution is 6.08. The Kier molecular flexibility index (Phi) is 5.49. The summed E-state index contributed by atoms with van der Waals surface area (Å²) in [7, 11) is 2.00. The summed E-state index contributed by atoms with van der Waals surface area (Å²) in [5.74, 6) is 0.0649. The summed E-state index contributed by atoms with van der Waals surface area (Å²) in [6, 6.07) is 8.00. The summed E-state index contributed by atoms with van der Waals surface area (Å²) in [5.41, 5.74) is 2.84. The van der Waals surface area contributed by atoms with Crippen LogP contribution in [0.25, 0.3) is 10.9 Å². The molecule has 1 fully saturated rings. The minimum atomic E-state index is -0.0255. The van der Waals surface area contributed by atoms with Crippen molar-refractivity contribution in [3.63, 3.8) is 0 Å². The molecule has 6 nitrogen and oxygen atoms in total. The second-order valence-corrected chi connectivity index (χ2v) is 6.90. The first-order valence-corrected chi connectivity index (χ1v) is 9.40. The van der Waals surface area contributed by atoms with Crippen LogP contribution in [-0.2, 0) is 7.05 Å². The maximum absolute atomic E-state index is 13.2. The molecule has 6 heteroatoms. The zero-order valence-electron chi connectivity index (χ0n) is 15.9. The molecular formula is C20H28N4O2. The summed E-state index contributed by atoms with van der Waals surface area (Å²) < 4.78 is 2.07. The summed E-state index contributed by atoms with van der Waals surface area (Å²) in [4.78, 5) is 29.1. The van der Waals surface area contributed by atoms with Crippen molar-refractivity contribution in [2.24, 2.45) is 7.05 Å². The second kappa shape index (κ2) is 7.81. The lowest BCUT2D eigenvalue weighted by Gasteiger charge is -2.22. The lowest BCUT2D eigenvalue weighted by molar-refractivity contribution is 0.0763. The average Bonchev–Trinajstić information content (AvgIpc) is 2.83. The van der Waals surface area contributed by atoms with Gasteiger partial charge in [0.25, 0.3) is 5.91 Å². The van der Waals surface area contributed by atoms with Crippen LogP contribution in [-0.4, -0.2) is 59.0 Å². The first-order chi connectivity index (χ1) is 12.5. The van der Waals surface area contributed by atoms with E-state index in [1.807, 2.05) is 55.0 Å². The number of carbonyl (C=O) groups is 2. The molecule has 1 aliphatic rings. The van der Waals surface area contributed by atoms with Crippen LogP contribution in [0.5, 0.6) is 0 Å². The number of aryl methyl sites for hydroxylation is 1. The molecule has 0 atom stereocenters. The van der Waals surface area contributed by atoms with Gasteiger partial charge in [-0.15, -0.1) is 0 Å². The fraction of sp³-hybridized carbons (Fsp3) is 0.500. The van der Waals surface area contributed by atoms with E-state index >= 15 is 0 Å². The highest BCUT2D eigenvalue weighted by Crippen LogP contribution is 2.26. The van der Waals surface area contributed by atoms with E-state index in [-0.39, 0.29) is 11.9 Å². The Hall–Kier alpha value is -2.50. The van der Waals surface area contributed by atoms with E-state index in [9.17, 15) is 9.59 Å². The van der Waals surface area contributed by atoms with Crippen LogP contribution in [0.4, 0.5) is 4.79 Å². The number of hydrogen-bond donors (Lipinski definition) is 1. The minimum absolute atomic E-state index is 0.0255. The highest BCUT2D eigenvalue weighted by atomic mass is 16.2. The molecule has 1 aromatic carbocycles. The Morgan fingerprint density at radius 2 is 1.77 bits per heavy atom. The molecule has 140 valence electrons. The topological polar surface area (TPSA) is 57.6 Å². The van der Waals surface area contributed by atoms with Crippen molar-refractivity contribution in [2.75, 3.05) is 32.7 Å². The normalized spacial score (nSPS) is 15.2. The van der Waals surface area contributed by atoms with Crippen LogP contribution in [0.15, 0.2) is 24.3 Å².